The molecule has 1 aromatic rings. The van der Waals surface area contributed by atoms with E-state index in [2.05, 4.69) is 34.9 Å². The molecule has 3 nitrogen and oxygen atoms in total. The van der Waals surface area contributed by atoms with Crippen LogP contribution in [0.1, 0.15) is 26.1 Å². The first-order valence-corrected chi connectivity index (χ1v) is 4.88. The summed E-state index contributed by atoms with van der Waals surface area (Å²) in [6.07, 6.45) is 5.13. The van der Waals surface area contributed by atoms with E-state index < -0.39 is 0 Å². The van der Waals surface area contributed by atoms with E-state index in [4.69, 9.17) is 0 Å². The highest BCUT2D eigenvalue weighted by Gasteiger charge is 2.01. The molecule has 0 fully saturated rings. The van der Waals surface area contributed by atoms with Crippen LogP contribution in [0.3, 0.4) is 0 Å². The summed E-state index contributed by atoms with van der Waals surface area (Å²) in [5.74, 6) is 1.88. The zero-order valence-corrected chi connectivity index (χ0v) is 8.75. The summed E-state index contributed by atoms with van der Waals surface area (Å²) >= 11 is 0. The van der Waals surface area contributed by atoms with E-state index in [1.54, 1.807) is 0 Å². The molecule has 0 aliphatic carbocycles. The van der Waals surface area contributed by atoms with Gasteiger partial charge in [-0.05, 0) is 19.4 Å². The SMILES string of the molecule is CNCc1nccn1CCC(C)C. The van der Waals surface area contributed by atoms with Crippen molar-refractivity contribution in [3.8, 4) is 0 Å². The van der Waals surface area contributed by atoms with Gasteiger partial charge in [0.05, 0.1) is 6.54 Å². The van der Waals surface area contributed by atoms with Gasteiger partial charge < -0.3 is 9.88 Å². The van der Waals surface area contributed by atoms with Gasteiger partial charge in [-0.2, -0.15) is 0 Å². The fourth-order valence-electron chi connectivity index (χ4n) is 1.27. The van der Waals surface area contributed by atoms with E-state index in [0.717, 1.165) is 24.8 Å². The number of hydrogen-bond donors (Lipinski definition) is 1. The summed E-state index contributed by atoms with van der Waals surface area (Å²) in [5, 5.41) is 3.11. The lowest BCUT2D eigenvalue weighted by atomic mass is 10.1. The van der Waals surface area contributed by atoms with Gasteiger partial charge in [-0.25, -0.2) is 4.98 Å². The smallest absolute Gasteiger partial charge is 0.122 e. The predicted octanol–water partition coefficient (Wildman–Crippen LogP) is 1.65. The van der Waals surface area contributed by atoms with Crippen LogP contribution in [0.25, 0.3) is 0 Å². The lowest BCUT2D eigenvalue weighted by Crippen LogP contribution is -2.12. The summed E-state index contributed by atoms with van der Waals surface area (Å²) in [6, 6.07) is 0. The first-order chi connectivity index (χ1) is 6.24. The summed E-state index contributed by atoms with van der Waals surface area (Å²) in [6.45, 7) is 6.42. The van der Waals surface area contributed by atoms with Gasteiger partial charge in [0.25, 0.3) is 0 Å². The van der Waals surface area contributed by atoms with Gasteiger partial charge in [-0.1, -0.05) is 13.8 Å². The zero-order chi connectivity index (χ0) is 9.68. The summed E-state index contributed by atoms with van der Waals surface area (Å²) < 4.78 is 2.22. The van der Waals surface area contributed by atoms with Crippen molar-refractivity contribution in [3.05, 3.63) is 18.2 Å². The molecule has 0 aromatic carbocycles. The molecule has 0 spiro atoms. The molecule has 13 heavy (non-hydrogen) atoms. The van der Waals surface area contributed by atoms with Crippen LogP contribution in [0.4, 0.5) is 0 Å². The van der Waals surface area contributed by atoms with E-state index in [0.29, 0.717) is 0 Å². The van der Waals surface area contributed by atoms with Gasteiger partial charge in [0.15, 0.2) is 0 Å². The maximum Gasteiger partial charge on any atom is 0.122 e. The molecular formula is C10H19N3. The molecule has 74 valence electrons. The van der Waals surface area contributed by atoms with Crippen LogP contribution in [-0.4, -0.2) is 16.6 Å². The fourth-order valence-corrected chi connectivity index (χ4v) is 1.27. The second-order valence-corrected chi connectivity index (χ2v) is 3.75. The van der Waals surface area contributed by atoms with Crippen molar-refractivity contribution in [1.82, 2.24) is 14.9 Å². The molecule has 1 rings (SSSR count). The van der Waals surface area contributed by atoms with Crippen molar-refractivity contribution in [2.24, 2.45) is 5.92 Å². The van der Waals surface area contributed by atoms with Crippen LogP contribution < -0.4 is 5.32 Å². The Labute approximate surface area is 80.2 Å². The molecule has 0 atom stereocenters. The van der Waals surface area contributed by atoms with Gasteiger partial charge in [0.1, 0.15) is 5.82 Å². The van der Waals surface area contributed by atoms with Crippen molar-refractivity contribution in [1.29, 1.82) is 0 Å². The topological polar surface area (TPSA) is 29.9 Å². The number of aromatic nitrogens is 2. The highest BCUT2D eigenvalue weighted by Crippen LogP contribution is 2.04. The van der Waals surface area contributed by atoms with Crippen LogP contribution in [0, 0.1) is 5.92 Å². The lowest BCUT2D eigenvalue weighted by molar-refractivity contribution is 0.501. The standard InChI is InChI=1S/C10H19N3/c1-9(2)4-6-13-7-5-12-10(13)8-11-3/h5,7,9,11H,4,6,8H2,1-3H3. The average Bonchev–Trinajstić information content (AvgIpc) is 2.49. The minimum absolute atomic E-state index is 0.754. The van der Waals surface area contributed by atoms with Crippen LogP contribution in [0.15, 0.2) is 12.4 Å². The molecule has 0 saturated carbocycles. The van der Waals surface area contributed by atoms with Gasteiger partial charge in [-0.15, -0.1) is 0 Å². The van der Waals surface area contributed by atoms with Gasteiger partial charge >= 0.3 is 0 Å². The summed E-state index contributed by atoms with van der Waals surface area (Å²) in [4.78, 5) is 4.28. The minimum Gasteiger partial charge on any atom is -0.334 e. The summed E-state index contributed by atoms with van der Waals surface area (Å²) in [5.41, 5.74) is 0. The quantitative estimate of drug-likeness (QED) is 0.748. The molecule has 1 heterocycles. The maximum absolute atomic E-state index is 4.28. The molecule has 0 aliphatic heterocycles. The third kappa shape index (κ3) is 3.19. The fraction of sp³-hybridized carbons (Fsp3) is 0.700. The Kier molecular flexibility index (Phi) is 3.96. The number of aryl methyl sites for hydroxylation is 1. The van der Waals surface area contributed by atoms with E-state index >= 15 is 0 Å². The molecule has 0 aliphatic rings. The van der Waals surface area contributed by atoms with E-state index in [9.17, 15) is 0 Å². The van der Waals surface area contributed by atoms with Crippen molar-refractivity contribution < 1.29 is 0 Å². The van der Waals surface area contributed by atoms with E-state index in [1.807, 2.05) is 13.2 Å². The third-order valence-electron chi connectivity index (χ3n) is 2.08. The number of nitrogens with one attached hydrogen (secondary N) is 1. The molecule has 0 bridgehead atoms. The number of rotatable bonds is 5. The van der Waals surface area contributed by atoms with Crippen molar-refractivity contribution >= 4 is 0 Å². The Bertz CT molecular complexity index is 240. The lowest BCUT2D eigenvalue weighted by Gasteiger charge is -2.08. The molecular weight excluding hydrogens is 162 g/mol. The Morgan fingerprint density at radius 2 is 2.31 bits per heavy atom. The largest absolute Gasteiger partial charge is 0.334 e. The van der Waals surface area contributed by atoms with E-state index in [-0.39, 0.29) is 0 Å². The van der Waals surface area contributed by atoms with Crippen LogP contribution in [-0.2, 0) is 13.1 Å². The number of imidazole rings is 1. The summed E-state index contributed by atoms with van der Waals surface area (Å²) in [7, 11) is 1.95. The highest BCUT2D eigenvalue weighted by atomic mass is 15.1. The number of hydrogen-bond acceptors (Lipinski definition) is 2. The Morgan fingerprint density at radius 3 is 2.92 bits per heavy atom. The first kappa shape index (κ1) is 10.3. The Balaban J connectivity index is 2.49. The van der Waals surface area contributed by atoms with Gasteiger partial charge in [0.2, 0.25) is 0 Å². The van der Waals surface area contributed by atoms with Gasteiger partial charge in [0, 0.05) is 18.9 Å². The second kappa shape index (κ2) is 5.02. The monoisotopic (exact) mass is 181 g/mol. The average molecular weight is 181 g/mol. The van der Waals surface area contributed by atoms with Crippen LogP contribution in [0.2, 0.25) is 0 Å². The molecule has 1 aromatic heterocycles. The van der Waals surface area contributed by atoms with Crippen LogP contribution in [0.5, 0.6) is 0 Å². The molecule has 0 amide bonds. The van der Waals surface area contributed by atoms with Crippen LogP contribution >= 0.6 is 0 Å². The van der Waals surface area contributed by atoms with Gasteiger partial charge in [-0.3, -0.25) is 0 Å². The molecule has 3 heteroatoms. The third-order valence-corrected chi connectivity index (χ3v) is 2.08. The Morgan fingerprint density at radius 1 is 1.54 bits per heavy atom. The first-order valence-electron chi connectivity index (χ1n) is 4.88. The molecule has 0 radical (unpaired) electrons. The van der Waals surface area contributed by atoms with Crippen molar-refractivity contribution in [2.45, 2.75) is 33.4 Å². The predicted molar refractivity (Wildman–Crippen MR) is 54.4 cm³/mol. The highest BCUT2D eigenvalue weighted by molar-refractivity contribution is 4.91. The van der Waals surface area contributed by atoms with E-state index in [1.165, 1.54) is 6.42 Å². The number of nitrogens with zero attached hydrogens (tertiary/aromatic N) is 2. The van der Waals surface area contributed by atoms with Crippen molar-refractivity contribution in [2.75, 3.05) is 7.05 Å². The molecule has 0 unspecified atom stereocenters. The molecule has 0 saturated heterocycles. The Hall–Kier alpha value is -0.830. The van der Waals surface area contributed by atoms with Crippen molar-refractivity contribution in [3.63, 3.8) is 0 Å². The molecule has 1 N–H and O–H groups in total. The zero-order valence-electron chi connectivity index (χ0n) is 8.75. The second-order valence-electron chi connectivity index (χ2n) is 3.75. The maximum atomic E-state index is 4.28. The minimum atomic E-state index is 0.754. The normalized spacial score (nSPS) is 11.1.